The highest BCUT2D eigenvalue weighted by molar-refractivity contribution is 5.96. The fraction of sp³-hybridized carbons (Fsp3) is 0.556. The maximum atomic E-state index is 11.2. The summed E-state index contributed by atoms with van der Waals surface area (Å²) in [5.74, 6) is -0.391. The summed E-state index contributed by atoms with van der Waals surface area (Å²) in [5.41, 5.74) is -0.0504. The van der Waals surface area contributed by atoms with Crippen LogP contribution in [0.25, 0.3) is 0 Å². The predicted octanol–water partition coefficient (Wildman–Crippen LogP) is 0.361. The lowest BCUT2D eigenvalue weighted by Gasteiger charge is -2.22. The van der Waals surface area contributed by atoms with Gasteiger partial charge in [-0.15, -0.1) is 0 Å². The minimum atomic E-state index is -0.391. The Labute approximate surface area is 77.2 Å². The second-order valence-electron chi connectivity index (χ2n) is 2.98. The molecule has 0 aromatic carbocycles. The molecule has 1 heterocycles. The van der Waals surface area contributed by atoms with Crippen LogP contribution in [0.4, 0.5) is 0 Å². The first-order valence-corrected chi connectivity index (χ1v) is 4.21. The molecule has 4 nitrogen and oxygen atoms in total. The molecular formula is C9H12N2O2. The first-order valence-electron chi connectivity index (χ1n) is 4.21. The third kappa shape index (κ3) is 2.88. The molecule has 13 heavy (non-hydrogen) atoms. The Morgan fingerprint density at radius 3 is 3.00 bits per heavy atom. The molecule has 1 aliphatic heterocycles. The Kier molecular flexibility index (Phi) is 3.47. The molecule has 1 atom stereocenters. The zero-order valence-electron chi connectivity index (χ0n) is 7.38. The van der Waals surface area contributed by atoms with Gasteiger partial charge in [-0.05, 0) is 12.8 Å². The van der Waals surface area contributed by atoms with E-state index in [0.29, 0.717) is 6.61 Å². The number of carbonyl (C=O) groups is 1. The van der Waals surface area contributed by atoms with E-state index in [1.165, 1.54) is 0 Å². The summed E-state index contributed by atoms with van der Waals surface area (Å²) in [6, 6.07) is 1.74. The minimum absolute atomic E-state index is 0.0337. The quantitative estimate of drug-likeness (QED) is 0.493. The molecule has 0 bridgehead atoms. The lowest BCUT2D eigenvalue weighted by Crippen LogP contribution is -2.40. The zero-order valence-corrected chi connectivity index (χ0v) is 7.38. The average Bonchev–Trinajstić information content (AvgIpc) is 2.18. The van der Waals surface area contributed by atoms with Crippen molar-refractivity contribution in [3.8, 4) is 6.07 Å². The van der Waals surface area contributed by atoms with E-state index in [9.17, 15) is 4.79 Å². The lowest BCUT2D eigenvalue weighted by molar-refractivity contribution is -0.118. The number of nitrogens with one attached hydrogen (secondary N) is 1. The molecule has 0 spiro atoms. The minimum Gasteiger partial charge on any atom is -0.379 e. The smallest absolute Gasteiger partial charge is 0.261 e. The van der Waals surface area contributed by atoms with E-state index in [2.05, 4.69) is 11.9 Å². The van der Waals surface area contributed by atoms with Gasteiger partial charge in [0.1, 0.15) is 11.6 Å². The van der Waals surface area contributed by atoms with E-state index in [1.807, 2.05) is 0 Å². The van der Waals surface area contributed by atoms with Crippen molar-refractivity contribution in [3.05, 3.63) is 12.2 Å². The van der Waals surface area contributed by atoms with Crippen LogP contribution < -0.4 is 5.32 Å². The number of nitrogens with zero attached hydrogens (tertiary/aromatic N) is 1. The van der Waals surface area contributed by atoms with Gasteiger partial charge in [0, 0.05) is 6.61 Å². The van der Waals surface area contributed by atoms with Crippen LogP contribution in [0.1, 0.15) is 12.8 Å². The van der Waals surface area contributed by atoms with Crippen molar-refractivity contribution in [1.29, 1.82) is 5.26 Å². The molecule has 0 aromatic rings. The normalized spacial score (nSPS) is 21.6. The summed E-state index contributed by atoms with van der Waals surface area (Å²) < 4.78 is 5.17. The number of hydrogen-bond donors (Lipinski definition) is 1. The van der Waals surface area contributed by atoms with Crippen LogP contribution in [0, 0.1) is 11.3 Å². The highest BCUT2D eigenvalue weighted by atomic mass is 16.5. The molecule has 1 amide bonds. The molecule has 70 valence electrons. The van der Waals surface area contributed by atoms with E-state index >= 15 is 0 Å². The highest BCUT2D eigenvalue weighted by Gasteiger charge is 2.17. The van der Waals surface area contributed by atoms with Crippen LogP contribution in [0.5, 0.6) is 0 Å². The fourth-order valence-electron chi connectivity index (χ4n) is 1.18. The number of carbonyl (C=O) groups excluding carboxylic acids is 1. The maximum absolute atomic E-state index is 11.2. The van der Waals surface area contributed by atoms with Crippen LogP contribution in [-0.4, -0.2) is 25.2 Å². The molecule has 4 heteroatoms. The summed E-state index contributed by atoms with van der Waals surface area (Å²) in [7, 11) is 0. The summed E-state index contributed by atoms with van der Waals surface area (Å²) in [5, 5.41) is 11.1. The number of ether oxygens (including phenoxy) is 1. The topological polar surface area (TPSA) is 62.1 Å². The molecule has 0 aromatic heterocycles. The van der Waals surface area contributed by atoms with Gasteiger partial charge >= 0.3 is 0 Å². The molecule has 0 radical (unpaired) electrons. The molecule has 1 saturated heterocycles. The van der Waals surface area contributed by atoms with Crippen molar-refractivity contribution in [2.24, 2.45) is 0 Å². The van der Waals surface area contributed by atoms with Crippen molar-refractivity contribution in [1.82, 2.24) is 5.32 Å². The molecular weight excluding hydrogens is 168 g/mol. The van der Waals surface area contributed by atoms with Gasteiger partial charge in [-0.25, -0.2) is 0 Å². The van der Waals surface area contributed by atoms with Crippen LogP contribution in [-0.2, 0) is 9.53 Å². The average molecular weight is 180 g/mol. The van der Waals surface area contributed by atoms with E-state index in [-0.39, 0.29) is 11.6 Å². The van der Waals surface area contributed by atoms with Gasteiger partial charge in [-0.2, -0.15) is 5.26 Å². The third-order valence-corrected chi connectivity index (χ3v) is 1.90. The number of hydrogen-bond acceptors (Lipinski definition) is 3. The van der Waals surface area contributed by atoms with Crippen molar-refractivity contribution >= 4 is 5.91 Å². The fourth-order valence-corrected chi connectivity index (χ4v) is 1.18. The van der Waals surface area contributed by atoms with Gasteiger partial charge in [-0.1, -0.05) is 6.58 Å². The molecule has 0 saturated carbocycles. The second kappa shape index (κ2) is 4.63. The van der Waals surface area contributed by atoms with E-state index in [1.54, 1.807) is 6.07 Å². The van der Waals surface area contributed by atoms with Crippen molar-refractivity contribution in [2.75, 3.05) is 13.2 Å². The van der Waals surface area contributed by atoms with Gasteiger partial charge < -0.3 is 10.1 Å². The van der Waals surface area contributed by atoms with Crippen LogP contribution in [0.2, 0.25) is 0 Å². The third-order valence-electron chi connectivity index (χ3n) is 1.90. The van der Waals surface area contributed by atoms with E-state index < -0.39 is 5.91 Å². The number of rotatable bonds is 2. The lowest BCUT2D eigenvalue weighted by atomic mass is 10.1. The number of nitriles is 1. The second-order valence-corrected chi connectivity index (χ2v) is 2.98. The summed E-state index contributed by atoms with van der Waals surface area (Å²) in [6.45, 7) is 4.61. The van der Waals surface area contributed by atoms with Gasteiger partial charge in [-0.3, -0.25) is 4.79 Å². The van der Waals surface area contributed by atoms with Gasteiger partial charge in [0.25, 0.3) is 5.91 Å². The molecule has 1 fully saturated rings. The summed E-state index contributed by atoms with van der Waals surface area (Å²) in [4.78, 5) is 11.2. The first kappa shape index (κ1) is 9.75. The number of amides is 1. The van der Waals surface area contributed by atoms with Gasteiger partial charge in [0.2, 0.25) is 0 Å². The highest BCUT2D eigenvalue weighted by Crippen LogP contribution is 2.06. The summed E-state index contributed by atoms with van der Waals surface area (Å²) >= 11 is 0. The largest absolute Gasteiger partial charge is 0.379 e. The molecule has 1 aliphatic rings. The molecule has 1 rings (SSSR count). The maximum Gasteiger partial charge on any atom is 0.261 e. The predicted molar refractivity (Wildman–Crippen MR) is 46.7 cm³/mol. The molecule has 0 unspecified atom stereocenters. The summed E-state index contributed by atoms with van der Waals surface area (Å²) in [6.07, 6.45) is 1.86. The van der Waals surface area contributed by atoms with Crippen molar-refractivity contribution < 1.29 is 9.53 Å². The zero-order chi connectivity index (χ0) is 9.68. The van der Waals surface area contributed by atoms with Crippen LogP contribution in [0.3, 0.4) is 0 Å². The first-order chi connectivity index (χ1) is 6.24. The van der Waals surface area contributed by atoms with Crippen molar-refractivity contribution in [3.63, 3.8) is 0 Å². The van der Waals surface area contributed by atoms with Gasteiger partial charge in [0.05, 0.1) is 12.6 Å². The molecule has 0 aliphatic carbocycles. The monoisotopic (exact) mass is 180 g/mol. The van der Waals surface area contributed by atoms with Gasteiger partial charge in [0.15, 0.2) is 0 Å². The van der Waals surface area contributed by atoms with Crippen LogP contribution >= 0.6 is 0 Å². The Balaban J connectivity index is 2.35. The van der Waals surface area contributed by atoms with Crippen LogP contribution in [0.15, 0.2) is 12.2 Å². The molecule has 1 N–H and O–H groups in total. The SMILES string of the molecule is C=C(C#N)C(=O)N[C@H]1CCCOC1. The standard InChI is InChI=1S/C9H12N2O2/c1-7(5-10)9(12)11-8-3-2-4-13-6-8/h8H,1-4,6H2,(H,11,12)/t8-/m0/s1. The van der Waals surface area contributed by atoms with Crippen molar-refractivity contribution in [2.45, 2.75) is 18.9 Å². The Morgan fingerprint density at radius 2 is 2.46 bits per heavy atom. The Hall–Kier alpha value is -1.34. The Morgan fingerprint density at radius 1 is 1.69 bits per heavy atom. The van der Waals surface area contributed by atoms with E-state index in [0.717, 1.165) is 19.4 Å². The van der Waals surface area contributed by atoms with E-state index in [4.69, 9.17) is 10.00 Å². The Bertz CT molecular complexity index is 249.